The number of aryl methyl sites for hydroxylation is 1. The first-order chi connectivity index (χ1) is 14.4. The summed E-state index contributed by atoms with van der Waals surface area (Å²) in [7, 11) is 0. The Hall–Kier alpha value is -3.64. The van der Waals surface area contributed by atoms with Crippen molar-refractivity contribution in [2.45, 2.75) is 13.5 Å². The molecule has 0 bridgehead atoms. The minimum Gasteiger partial charge on any atom is -0.489 e. The van der Waals surface area contributed by atoms with Crippen molar-refractivity contribution in [3.05, 3.63) is 104 Å². The number of fused-ring (bicyclic) bond motifs is 1. The van der Waals surface area contributed by atoms with Crippen LogP contribution in [0, 0.1) is 17.0 Å². The van der Waals surface area contributed by atoms with Gasteiger partial charge in [0.25, 0.3) is 5.69 Å². The van der Waals surface area contributed by atoms with Crippen molar-refractivity contribution in [1.29, 1.82) is 0 Å². The van der Waals surface area contributed by atoms with E-state index < -0.39 is 4.92 Å². The van der Waals surface area contributed by atoms with Gasteiger partial charge in [-0.05, 0) is 60.0 Å². The molecule has 150 valence electrons. The van der Waals surface area contributed by atoms with E-state index in [0.717, 1.165) is 16.7 Å². The minimum absolute atomic E-state index is 0.0269. The van der Waals surface area contributed by atoms with Gasteiger partial charge < -0.3 is 9.47 Å². The lowest BCUT2D eigenvalue weighted by Crippen LogP contribution is -2.00. The fourth-order valence-electron chi connectivity index (χ4n) is 3.15. The molecule has 0 atom stereocenters. The minimum atomic E-state index is -0.446. The second-order valence-electron chi connectivity index (χ2n) is 6.82. The molecule has 0 N–H and O–H groups in total. The Labute approximate surface area is 177 Å². The number of hydrogen-bond donors (Lipinski definition) is 0. The van der Waals surface area contributed by atoms with E-state index in [9.17, 15) is 14.9 Å². The Bertz CT molecular complexity index is 1170. The Morgan fingerprint density at radius 3 is 2.47 bits per heavy atom. The topological polar surface area (TPSA) is 78.7 Å². The van der Waals surface area contributed by atoms with Crippen molar-refractivity contribution in [1.82, 2.24) is 0 Å². The first kappa shape index (κ1) is 19.7. The second kappa shape index (κ2) is 8.00. The zero-order chi connectivity index (χ0) is 21.3. The van der Waals surface area contributed by atoms with Gasteiger partial charge in [-0.1, -0.05) is 23.7 Å². The summed E-state index contributed by atoms with van der Waals surface area (Å²) in [5.74, 6) is 1.05. The highest BCUT2D eigenvalue weighted by Gasteiger charge is 2.30. The second-order valence-corrected chi connectivity index (χ2v) is 7.25. The van der Waals surface area contributed by atoms with E-state index in [-0.39, 0.29) is 23.8 Å². The van der Waals surface area contributed by atoms with Gasteiger partial charge in [-0.2, -0.15) is 0 Å². The molecule has 4 rings (SSSR count). The highest BCUT2D eigenvalue weighted by atomic mass is 35.5. The number of carbonyl (C=O) groups is 1. The summed E-state index contributed by atoms with van der Waals surface area (Å²) in [6.45, 7) is 2.06. The molecule has 0 radical (unpaired) electrons. The van der Waals surface area contributed by atoms with Crippen molar-refractivity contribution in [3.8, 4) is 11.5 Å². The number of allylic oxidation sites excluding steroid dienone is 1. The normalized spacial score (nSPS) is 13.8. The lowest BCUT2D eigenvalue weighted by atomic mass is 10.0. The molecule has 0 aromatic heterocycles. The number of hydrogen-bond acceptors (Lipinski definition) is 5. The van der Waals surface area contributed by atoms with Crippen LogP contribution in [-0.2, 0) is 6.61 Å². The molecule has 1 heterocycles. The summed E-state index contributed by atoms with van der Waals surface area (Å²) in [4.78, 5) is 23.0. The fraction of sp³-hybridized carbons (Fsp3) is 0.0870. The summed E-state index contributed by atoms with van der Waals surface area (Å²) >= 11 is 5.90. The number of nitro benzene ring substituents is 1. The molecular weight excluding hydrogens is 406 g/mol. The van der Waals surface area contributed by atoms with Crippen LogP contribution in [0.25, 0.3) is 6.08 Å². The van der Waals surface area contributed by atoms with E-state index in [1.807, 2.05) is 6.92 Å². The Balaban J connectivity index is 1.52. The molecule has 1 aliphatic heterocycles. The molecule has 7 heteroatoms. The Morgan fingerprint density at radius 1 is 1.10 bits per heavy atom. The number of non-ortho nitro benzene ring substituents is 1. The van der Waals surface area contributed by atoms with Crippen LogP contribution in [0.3, 0.4) is 0 Å². The highest BCUT2D eigenvalue weighted by molar-refractivity contribution is 6.30. The van der Waals surface area contributed by atoms with Crippen LogP contribution in [0.2, 0.25) is 5.02 Å². The number of nitro groups is 1. The fourth-order valence-corrected chi connectivity index (χ4v) is 3.28. The first-order valence-corrected chi connectivity index (χ1v) is 9.49. The van der Waals surface area contributed by atoms with Crippen molar-refractivity contribution < 1.29 is 19.2 Å². The maximum Gasteiger partial charge on any atom is 0.269 e. The van der Waals surface area contributed by atoms with Crippen molar-refractivity contribution in [2.75, 3.05) is 0 Å². The van der Waals surface area contributed by atoms with Gasteiger partial charge in [0.1, 0.15) is 18.1 Å². The predicted octanol–water partition coefficient (Wildman–Crippen LogP) is 5.75. The molecule has 0 fully saturated rings. The number of halogens is 1. The molecule has 30 heavy (non-hydrogen) atoms. The van der Waals surface area contributed by atoms with E-state index in [2.05, 4.69) is 0 Å². The predicted molar refractivity (Wildman–Crippen MR) is 113 cm³/mol. The largest absolute Gasteiger partial charge is 0.489 e. The molecule has 1 aliphatic rings. The van der Waals surface area contributed by atoms with Gasteiger partial charge >= 0.3 is 0 Å². The van der Waals surface area contributed by atoms with Crippen LogP contribution < -0.4 is 9.47 Å². The van der Waals surface area contributed by atoms with E-state index in [0.29, 0.717) is 22.1 Å². The molecule has 6 nitrogen and oxygen atoms in total. The van der Waals surface area contributed by atoms with Gasteiger partial charge in [-0.25, -0.2) is 0 Å². The molecule has 0 amide bonds. The molecule has 0 spiro atoms. The third-order valence-corrected chi connectivity index (χ3v) is 4.92. The molecular formula is C23H16ClNO5. The third kappa shape index (κ3) is 4.04. The average Bonchev–Trinajstić information content (AvgIpc) is 3.04. The molecule has 0 aliphatic carbocycles. The number of nitrogens with zero attached hydrogens (tertiary/aromatic N) is 1. The Kier molecular flexibility index (Phi) is 5.25. The van der Waals surface area contributed by atoms with Crippen molar-refractivity contribution in [3.63, 3.8) is 0 Å². The number of carbonyl (C=O) groups excluding carboxylic acids is 1. The number of rotatable bonds is 5. The van der Waals surface area contributed by atoms with Crippen LogP contribution >= 0.6 is 11.6 Å². The summed E-state index contributed by atoms with van der Waals surface area (Å²) in [5.41, 5.74) is 2.88. The number of Topliss-reactive ketones (excluding diaryl/α,β-unsaturated/α-hetero) is 1. The van der Waals surface area contributed by atoms with Crippen LogP contribution in [0.15, 0.2) is 66.4 Å². The molecule has 3 aromatic rings. The zero-order valence-electron chi connectivity index (χ0n) is 15.9. The van der Waals surface area contributed by atoms with Gasteiger partial charge in [0.15, 0.2) is 5.76 Å². The quantitative estimate of drug-likeness (QED) is 0.297. The Morgan fingerprint density at radius 2 is 1.80 bits per heavy atom. The maximum absolute atomic E-state index is 12.8. The lowest BCUT2D eigenvalue weighted by molar-refractivity contribution is -0.384. The molecule has 0 unspecified atom stereocenters. The van der Waals surface area contributed by atoms with E-state index in [1.54, 1.807) is 54.6 Å². The zero-order valence-corrected chi connectivity index (χ0v) is 16.7. The summed E-state index contributed by atoms with van der Waals surface area (Å²) in [6, 6.07) is 16.7. The molecule has 3 aromatic carbocycles. The highest BCUT2D eigenvalue weighted by Crippen LogP contribution is 2.37. The van der Waals surface area contributed by atoms with E-state index in [1.165, 1.54) is 12.1 Å². The smallest absolute Gasteiger partial charge is 0.269 e. The molecule has 0 saturated carbocycles. The van der Waals surface area contributed by atoms with Gasteiger partial charge in [0.05, 0.1) is 10.5 Å². The third-order valence-electron chi connectivity index (χ3n) is 4.66. The van der Waals surface area contributed by atoms with Crippen LogP contribution in [0.1, 0.15) is 27.0 Å². The van der Waals surface area contributed by atoms with E-state index in [4.69, 9.17) is 21.1 Å². The average molecular weight is 422 g/mol. The van der Waals surface area contributed by atoms with E-state index >= 15 is 0 Å². The van der Waals surface area contributed by atoms with Crippen molar-refractivity contribution >= 4 is 29.1 Å². The van der Waals surface area contributed by atoms with Crippen molar-refractivity contribution in [2.24, 2.45) is 0 Å². The van der Waals surface area contributed by atoms with Crippen LogP contribution in [0.5, 0.6) is 11.5 Å². The first-order valence-electron chi connectivity index (χ1n) is 9.11. The van der Waals surface area contributed by atoms with Crippen LogP contribution in [-0.4, -0.2) is 10.7 Å². The standard InChI is InChI=1S/C23H16ClNO5/c1-14-10-19(29-13-16-4-8-18(9-5-16)25(27)28)12-20-22(14)23(26)21(30-20)11-15-2-6-17(24)7-3-15/h2-12H,13H2,1H3/b21-11-. The molecule has 0 saturated heterocycles. The van der Waals surface area contributed by atoms with Gasteiger partial charge in [0.2, 0.25) is 5.78 Å². The summed E-state index contributed by atoms with van der Waals surface area (Å²) in [5, 5.41) is 11.4. The summed E-state index contributed by atoms with van der Waals surface area (Å²) < 4.78 is 11.6. The van der Waals surface area contributed by atoms with Crippen LogP contribution in [0.4, 0.5) is 5.69 Å². The number of ether oxygens (including phenoxy) is 2. The number of ketones is 1. The lowest BCUT2D eigenvalue weighted by Gasteiger charge is -2.09. The van der Waals surface area contributed by atoms with Gasteiger partial charge in [-0.15, -0.1) is 0 Å². The van der Waals surface area contributed by atoms with Gasteiger partial charge in [-0.3, -0.25) is 14.9 Å². The summed E-state index contributed by atoms with van der Waals surface area (Å²) in [6.07, 6.45) is 1.68. The monoisotopic (exact) mass is 421 g/mol. The SMILES string of the molecule is Cc1cc(OCc2ccc([N+](=O)[O-])cc2)cc2c1C(=O)/C(=C/c1ccc(Cl)cc1)O2. The maximum atomic E-state index is 12.8. The number of benzene rings is 3. The van der Waals surface area contributed by atoms with Gasteiger partial charge in [0, 0.05) is 23.2 Å².